The van der Waals surface area contributed by atoms with Crippen molar-refractivity contribution in [1.29, 1.82) is 0 Å². The molecule has 0 bridgehead atoms. The maximum Gasteiger partial charge on any atom is 0.251 e. The Labute approximate surface area is 142 Å². The van der Waals surface area contributed by atoms with E-state index >= 15 is 0 Å². The first-order chi connectivity index (χ1) is 11.5. The first-order valence-electron chi connectivity index (χ1n) is 8.12. The van der Waals surface area contributed by atoms with Crippen LogP contribution in [0.15, 0.2) is 48.8 Å². The predicted octanol–water partition coefficient (Wildman–Crippen LogP) is 3.04. The largest absolute Gasteiger partial charge is 0.340 e. The highest BCUT2D eigenvalue weighted by Crippen LogP contribution is 2.10. The summed E-state index contributed by atoms with van der Waals surface area (Å²) < 4.78 is 0. The van der Waals surface area contributed by atoms with E-state index in [1.807, 2.05) is 26.0 Å². The van der Waals surface area contributed by atoms with Crippen LogP contribution in [0.25, 0.3) is 0 Å². The molecule has 5 nitrogen and oxygen atoms in total. The van der Waals surface area contributed by atoms with Crippen molar-refractivity contribution in [2.24, 2.45) is 5.92 Å². The first kappa shape index (κ1) is 17.7. The minimum Gasteiger partial charge on any atom is -0.340 e. The van der Waals surface area contributed by atoms with E-state index < -0.39 is 6.04 Å². The summed E-state index contributed by atoms with van der Waals surface area (Å²) in [6, 6.07) is 10.2. The molecule has 0 saturated heterocycles. The summed E-state index contributed by atoms with van der Waals surface area (Å²) >= 11 is 0. The minimum atomic E-state index is -0.614. The number of carbonyl (C=O) groups excluding carboxylic acids is 2. The molecular formula is C19H23N3O2. The number of hydrogen-bond donors (Lipinski definition) is 2. The number of nitrogens with one attached hydrogen (secondary N) is 2. The molecule has 0 aliphatic rings. The van der Waals surface area contributed by atoms with E-state index in [1.54, 1.807) is 36.7 Å². The maximum absolute atomic E-state index is 12.5. The van der Waals surface area contributed by atoms with Gasteiger partial charge in [0.1, 0.15) is 6.04 Å². The monoisotopic (exact) mass is 325 g/mol. The topological polar surface area (TPSA) is 71.1 Å². The second kappa shape index (κ2) is 8.24. The van der Waals surface area contributed by atoms with Gasteiger partial charge in [0, 0.05) is 23.6 Å². The third-order valence-corrected chi connectivity index (χ3v) is 3.81. The molecule has 2 aromatic rings. The Morgan fingerprint density at radius 1 is 1.04 bits per heavy atom. The quantitative estimate of drug-likeness (QED) is 0.857. The Hall–Kier alpha value is -2.69. The molecule has 126 valence electrons. The van der Waals surface area contributed by atoms with Crippen molar-refractivity contribution in [1.82, 2.24) is 10.3 Å². The molecule has 1 aromatic heterocycles. The molecule has 0 unspecified atom stereocenters. The summed E-state index contributed by atoms with van der Waals surface area (Å²) in [5.74, 6) is -0.526. The van der Waals surface area contributed by atoms with Crippen LogP contribution in [-0.4, -0.2) is 22.8 Å². The number of anilines is 1. The van der Waals surface area contributed by atoms with Crippen LogP contribution < -0.4 is 10.6 Å². The SMILES string of the molecule is CCc1ccc(C(=O)N[C@H](C(=O)Nc2ccncc2)C(C)C)cc1. The van der Waals surface area contributed by atoms with Gasteiger partial charge in [-0.05, 0) is 42.2 Å². The Balaban J connectivity index is 2.06. The molecule has 2 amide bonds. The van der Waals surface area contributed by atoms with E-state index in [-0.39, 0.29) is 17.7 Å². The molecule has 2 rings (SSSR count). The van der Waals surface area contributed by atoms with Crippen LogP contribution in [0.1, 0.15) is 36.7 Å². The van der Waals surface area contributed by atoms with Crippen molar-refractivity contribution >= 4 is 17.5 Å². The van der Waals surface area contributed by atoms with Gasteiger partial charge in [0.05, 0.1) is 0 Å². The van der Waals surface area contributed by atoms with Crippen LogP contribution in [0.2, 0.25) is 0 Å². The van der Waals surface area contributed by atoms with Crippen LogP contribution in [0.5, 0.6) is 0 Å². The van der Waals surface area contributed by atoms with Crippen molar-refractivity contribution in [3.8, 4) is 0 Å². The first-order valence-corrected chi connectivity index (χ1v) is 8.12. The van der Waals surface area contributed by atoms with E-state index in [2.05, 4.69) is 22.5 Å². The van der Waals surface area contributed by atoms with Crippen LogP contribution in [-0.2, 0) is 11.2 Å². The Morgan fingerprint density at radius 2 is 1.67 bits per heavy atom. The van der Waals surface area contributed by atoms with E-state index in [9.17, 15) is 9.59 Å². The van der Waals surface area contributed by atoms with Gasteiger partial charge >= 0.3 is 0 Å². The zero-order valence-electron chi connectivity index (χ0n) is 14.2. The lowest BCUT2D eigenvalue weighted by molar-refractivity contribution is -0.118. The number of rotatable bonds is 6. The summed E-state index contributed by atoms with van der Waals surface area (Å²) in [7, 11) is 0. The fourth-order valence-corrected chi connectivity index (χ4v) is 2.31. The number of nitrogens with zero attached hydrogens (tertiary/aromatic N) is 1. The molecule has 1 heterocycles. The van der Waals surface area contributed by atoms with E-state index in [1.165, 1.54) is 5.56 Å². The smallest absolute Gasteiger partial charge is 0.251 e. The minimum absolute atomic E-state index is 0.0364. The molecule has 0 aliphatic heterocycles. The van der Waals surface area contributed by atoms with E-state index in [4.69, 9.17) is 0 Å². The third kappa shape index (κ3) is 4.65. The molecule has 0 aliphatic carbocycles. The molecule has 2 N–H and O–H groups in total. The number of pyridine rings is 1. The lowest BCUT2D eigenvalue weighted by atomic mass is 10.0. The highest BCUT2D eigenvalue weighted by Gasteiger charge is 2.24. The van der Waals surface area contributed by atoms with Gasteiger partial charge in [-0.25, -0.2) is 0 Å². The van der Waals surface area contributed by atoms with Gasteiger partial charge in [0.25, 0.3) is 5.91 Å². The van der Waals surface area contributed by atoms with Gasteiger partial charge in [-0.1, -0.05) is 32.9 Å². The number of carbonyl (C=O) groups is 2. The van der Waals surface area contributed by atoms with Gasteiger partial charge in [0.15, 0.2) is 0 Å². The predicted molar refractivity (Wildman–Crippen MR) is 94.8 cm³/mol. The Morgan fingerprint density at radius 3 is 2.21 bits per heavy atom. The maximum atomic E-state index is 12.5. The summed E-state index contributed by atoms with van der Waals surface area (Å²) in [5, 5.41) is 5.63. The number of aryl methyl sites for hydroxylation is 1. The molecule has 0 saturated carbocycles. The molecule has 24 heavy (non-hydrogen) atoms. The van der Waals surface area contributed by atoms with Gasteiger partial charge in [0.2, 0.25) is 5.91 Å². The number of aromatic nitrogens is 1. The second-order valence-electron chi connectivity index (χ2n) is 5.97. The van der Waals surface area contributed by atoms with Gasteiger partial charge < -0.3 is 10.6 Å². The molecule has 0 fully saturated rings. The fourth-order valence-electron chi connectivity index (χ4n) is 2.31. The summed E-state index contributed by atoms with van der Waals surface area (Å²) in [5.41, 5.74) is 2.37. The van der Waals surface area contributed by atoms with Gasteiger partial charge in [-0.2, -0.15) is 0 Å². The Kier molecular flexibility index (Phi) is 6.07. The normalized spacial score (nSPS) is 11.8. The van der Waals surface area contributed by atoms with Gasteiger partial charge in [-0.3, -0.25) is 14.6 Å². The van der Waals surface area contributed by atoms with E-state index in [0.29, 0.717) is 11.3 Å². The summed E-state index contributed by atoms with van der Waals surface area (Å²) in [4.78, 5) is 28.8. The summed E-state index contributed by atoms with van der Waals surface area (Å²) in [6.07, 6.45) is 4.13. The van der Waals surface area contributed by atoms with E-state index in [0.717, 1.165) is 6.42 Å². The van der Waals surface area contributed by atoms with Crippen molar-refractivity contribution in [3.63, 3.8) is 0 Å². The average Bonchev–Trinajstić information content (AvgIpc) is 2.60. The number of amides is 2. The highest BCUT2D eigenvalue weighted by molar-refractivity contribution is 6.01. The second-order valence-corrected chi connectivity index (χ2v) is 5.97. The molecule has 1 atom stereocenters. The van der Waals surface area contributed by atoms with Crippen LogP contribution in [0.3, 0.4) is 0 Å². The molecule has 5 heteroatoms. The van der Waals surface area contributed by atoms with Gasteiger partial charge in [-0.15, -0.1) is 0 Å². The zero-order valence-corrected chi connectivity index (χ0v) is 14.2. The highest BCUT2D eigenvalue weighted by atomic mass is 16.2. The molecule has 1 aromatic carbocycles. The summed E-state index contributed by atoms with van der Waals surface area (Å²) in [6.45, 7) is 5.86. The van der Waals surface area contributed by atoms with Crippen molar-refractivity contribution in [3.05, 3.63) is 59.9 Å². The van der Waals surface area contributed by atoms with Crippen LogP contribution in [0.4, 0.5) is 5.69 Å². The zero-order chi connectivity index (χ0) is 17.5. The lowest BCUT2D eigenvalue weighted by Crippen LogP contribution is -2.47. The van der Waals surface area contributed by atoms with Crippen LogP contribution >= 0.6 is 0 Å². The third-order valence-electron chi connectivity index (χ3n) is 3.81. The Bertz CT molecular complexity index is 682. The number of benzene rings is 1. The molecule has 0 spiro atoms. The standard InChI is InChI=1S/C19H23N3O2/c1-4-14-5-7-15(8-6-14)18(23)22-17(13(2)3)19(24)21-16-9-11-20-12-10-16/h5-13,17H,4H2,1-3H3,(H,22,23)(H,20,21,24)/t17-/m0/s1. The fraction of sp³-hybridized carbons (Fsp3) is 0.316. The van der Waals surface area contributed by atoms with Crippen LogP contribution in [0, 0.1) is 5.92 Å². The van der Waals surface area contributed by atoms with Crippen molar-refractivity contribution in [2.75, 3.05) is 5.32 Å². The molecule has 0 radical (unpaired) electrons. The lowest BCUT2D eigenvalue weighted by Gasteiger charge is -2.21. The average molecular weight is 325 g/mol. The van der Waals surface area contributed by atoms with Crippen molar-refractivity contribution < 1.29 is 9.59 Å². The van der Waals surface area contributed by atoms with Crippen molar-refractivity contribution in [2.45, 2.75) is 33.2 Å². The number of hydrogen-bond acceptors (Lipinski definition) is 3. The molecular weight excluding hydrogens is 302 g/mol.